The molecule has 0 radical (unpaired) electrons. The number of aliphatic carboxylic acids is 1. The molecular weight excluding hydrogens is 507 g/mol. The lowest BCUT2D eigenvalue weighted by molar-refractivity contribution is -0.144. The van der Waals surface area contributed by atoms with E-state index in [0.717, 1.165) is 33.2 Å². The summed E-state index contributed by atoms with van der Waals surface area (Å²) >= 11 is 3.07. The summed E-state index contributed by atoms with van der Waals surface area (Å²) in [6.45, 7) is 1.47. The summed E-state index contributed by atoms with van der Waals surface area (Å²) in [7, 11) is 0. The van der Waals surface area contributed by atoms with Gasteiger partial charge in [-0.3, -0.25) is 0 Å². The van der Waals surface area contributed by atoms with Crippen molar-refractivity contribution in [1.29, 1.82) is 0 Å². The van der Waals surface area contributed by atoms with E-state index in [-0.39, 0.29) is 0 Å². The Morgan fingerprint density at radius 1 is 1.03 bits per heavy atom. The van der Waals surface area contributed by atoms with Gasteiger partial charge in [0.05, 0.1) is 11.3 Å². The smallest absolute Gasteiger partial charge is 0.416 e. The lowest BCUT2D eigenvalue weighted by Crippen LogP contribution is -2.22. The van der Waals surface area contributed by atoms with Crippen LogP contribution in [-0.4, -0.2) is 22.2 Å². The highest BCUT2D eigenvalue weighted by molar-refractivity contribution is 7.98. The Hall–Kier alpha value is -3.30. The minimum Gasteiger partial charge on any atom is -0.479 e. The fourth-order valence-electron chi connectivity index (χ4n) is 3.37. The molecule has 1 unspecified atom stereocenters. The zero-order valence-corrected chi connectivity index (χ0v) is 20.8. The fraction of sp³-hybridized carbons (Fsp3) is 0.185. The van der Waals surface area contributed by atoms with Crippen LogP contribution in [-0.2, 0) is 23.1 Å². The predicted octanol–water partition coefficient (Wildman–Crippen LogP) is 7.56. The van der Waals surface area contributed by atoms with E-state index in [9.17, 15) is 18.0 Å². The highest BCUT2D eigenvalue weighted by Gasteiger charge is 2.30. The Labute approximate surface area is 214 Å². The van der Waals surface area contributed by atoms with Crippen LogP contribution in [0.3, 0.4) is 0 Å². The average Bonchev–Trinajstić information content (AvgIpc) is 3.26. The Balaban J connectivity index is 1.53. The van der Waals surface area contributed by atoms with Crippen LogP contribution < -0.4 is 4.74 Å². The number of carboxylic acid groups (broad SMARTS) is 1. The monoisotopic (exact) mass is 529 g/mol. The maximum Gasteiger partial charge on any atom is 0.416 e. The van der Waals surface area contributed by atoms with Crippen molar-refractivity contribution in [3.05, 3.63) is 101 Å². The first kappa shape index (κ1) is 25.8. The summed E-state index contributed by atoms with van der Waals surface area (Å²) in [4.78, 5) is 17.8. The van der Waals surface area contributed by atoms with E-state index in [4.69, 9.17) is 14.8 Å². The zero-order valence-electron chi connectivity index (χ0n) is 19.2. The maximum absolute atomic E-state index is 13.0. The third-order valence-corrected chi connectivity index (χ3v) is 7.67. The average molecular weight is 530 g/mol. The van der Waals surface area contributed by atoms with E-state index in [1.54, 1.807) is 23.9 Å². The van der Waals surface area contributed by atoms with Crippen molar-refractivity contribution < 1.29 is 27.8 Å². The van der Waals surface area contributed by atoms with E-state index >= 15 is 0 Å². The highest BCUT2D eigenvalue weighted by Crippen LogP contribution is 2.36. The number of carboxylic acids is 1. The van der Waals surface area contributed by atoms with Gasteiger partial charge in [-0.05, 0) is 48.9 Å². The first-order valence-electron chi connectivity index (χ1n) is 11.0. The summed E-state index contributed by atoms with van der Waals surface area (Å²) in [6.07, 6.45) is -4.70. The van der Waals surface area contributed by atoms with Crippen molar-refractivity contribution in [1.82, 2.24) is 4.98 Å². The Kier molecular flexibility index (Phi) is 8.01. The molecule has 0 aliphatic rings. The van der Waals surface area contributed by atoms with Crippen LogP contribution in [0.5, 0.6) is 5.75 Å². The molecule has 0 aliphatic heterocycles. The number of hydrogen-bond acceptors (Lipinski definition) is 5. The van der Waals surface area contributed by atoms with Crippen LogP contribution in [0.4, 0.5) is 13.2 Å². The number of halogens is 3. The van der Waals surface area contributed by atoms with Gasteiger partial charge in [-0.1, -0.05) is 42.5 Å². The number of aromatic nitrogens is 1. The topological polar surface area (TPSA) is 59.4 Å². The second kappa shape index (κ2) is 11.2. The summed E-state index contributed by atoms with van der Waals surface area (Å²) in [5, 5.41) is 9.67. The number of ether oxygens (including phenoxy) is 1. The summed E-state index contributed by atoms with van der Waals surface area (Å²) < 4.78 is 44.3. The third-order valence-electron chi connectivity index (χ3n) is 5.31. The molecule has 0 saturated heterocycles. The number of hydrogen-bond donors (Lipinski definition) is 1. The summed E-state index contributed by atoms with van der Waals surface area (Å²) in [5.41, 5.74) is 1.95. The lowest BCUT2D eigenvalue weighted by atomic mass is 10.1. The first-order valence-corrected chi connectivity index (χ1v) is 12.8. The van der Waals surface area contributed by atoms with Crippen molar-refractivity contribution in [3.63, 3.8) is 0 Å². The molecule has 3 aromatic carbocycles. The van der Waals surface area contributed by atoms with Crippen LogP contribution in [0, 0.1) is 0 Å². The molecular formula is C27H22F3NO3S2. The molecule has 0 aliphatic carbocycles. The van der Waals surface area contributed by atoms with E-state index < -0.39 is 23.8 Å². The van der Waals surface area contributed by atoms with E-state index in [1.165, 1.54) is 30.4 Å². The molecule has 1 N–H and O–H groups in total. The van der Waals surface area contributed by atoms with E-state index in [1.807, 2.05) is 42.5 Å². The molecule has 1 atom stereocenters. The van der Waals surface area contributed by atoms with Crippen molar-refractivity contribution in [3.8, 4) is 16.3 Å². The molecule has 4 nitrogen and oxygen atoms in total. The third kappa shape index (κ3) is 6.67. The van der Waals surface area contributed by atoms with Crippen molar-refractivity contribution >= 4 is 29.1 Å². The minimum absolute atomic E-state index is 0.474. The van der Waals surface area contributed by atoms with Crippen LogP contribution in [0.15, 0.2) is 83.8 Å². The van der Waals surface area contributed by atoms with Gasteiger partial charge in [0, 0.05) is 27.5 Å². The second-order valence-electron chi connectivity index (χ2n) is 7.98. The quantitative estimate of drug-likeness (QED) is 0.227. The normalized spacial score (nSPS) is 12.3. The molecule has 0 amide bonds. The number of rotatable bonds is 9. The van der Waals surface area contributed by atoms with Gasteiger partial charge in [0.1, 0.15) is 10.8 Å². The lowest BCUT2D eigenvalue weighted by Gasteiger charge is -2.10. The largest absolute Gasteiger partial charge is 0.479 e. The standard InChI is InChI=1S/C27H22F3NO3S2/c1-17(26(32)33)34-21-11-13-22(14-12-21)35-16-24-23(15-18-5-3-2-4-6-18)31-25(36-24)19-7-9-20(10-8-19)27(28,29)30/h2-14,17H,15-16H2,1H3,(H,32,33). The van der Waals surface area contributed by atoms with Crippen LogP contribution in [0.25, 0.3) is 10.6 Å². The molecule has 0 fully saturated rings. The van der Waals surface area contributed by atoms with Gasteiger partial charge in [0.2, 0.25) is 0 Å². The van der Waals surface area contributed by atoms with Crippen LogP contribution >= 0.6 is 23.1 Å². The van der Waals surface area contributed by atoms with Crippen LogP contribution in [0.1, 0.15) is 28.6 Å². The van der Waals surface area contributed by atoms with Gasteiger partial charge >= 0.3 is 12.1 Å². The molecule has 0 spiro atoms. The van der Waals surface area contributed by atoms with Gasteiger partial charge in [0.15, 0.2) is 6.10 Å². The number of carbonyl (C=O) groups is 1. The first-order chi connectivity index (χ1) is 17.2. The molecule has 186 valence electrons. The number of thioether (sulfide) groups is 1. The number of nitrogens with zero attached hydrogens (tertiary/aromatic N) is 1. The van der Waals surface area contributed by atoms with Gasteiger partial charge < -0.3 is 9.84 Å². The number of thiazole rings is 1. The molecule has 1 heterocycles. The van der Waals surface area contributed by atoms with Crippen molar-refractivity contribution in [2.24, 2.45) is 0 Å². The summed E-state index contributed by atoms with van der Waals surface area (Å²) in [5.74, 6) is 0.0708. The van der Waals surface area contributed by atoms with Gasteiger partial charge in [-0.15, -0.1) is 23.1 Å². The SMILES string of the molecule is CC(Oc1ccc(SCc2sc(-c3ccc(C(F)(F)F)cc3)nc2Cc2ccccc2)cc1)C(=O)O. The Bertz CT molecular complexity index is 1310. The zero-order chi connectivity index (χ0) is 25.7. The summed E-state index contributed by atoms with van der Waals surface area (Å²) in [6, 6.07) is 22.2. The van der Waals surface area contributed by atoms with E-state index in [0.29, 0.717) is 28.5 Å². The highest BCUT2D eigenvalue weighted by atomic mass is 32.2. The van der Waals surface area contributed by atoms with Gasteiger partial charge in [-0.2, -0.15) is 13.2 Å². The maximum atomic E-state index is 13.0. The van der Waals surface area contributed by atoms with Gasteiger partial charge in [-0.25, -0.2) is 9.78 Å². The predicted molar refractivity (Wildman–Crippen MR) is 136 cm³/mol. The minimum atomic E-state index is -4.38. The molecule has 4 aromatic rings. The fourth-order valence-corrected chi connectivity index (χ4v) is 5.45. The van der Waals surface area contributed by atoms with Crippen molar-refractivity contribution in [2.45, 2.75) is 36.3 Å². The molecule has 4 rings (SSSR count). The second-order valence-corrected chi connectivity index (χ2v) is 10.1. The molecule has 0 saturated carbocycles. The Morgan fingerprint density at radius 3 is 2.31 bits per heavy atom. The van der Waals surface area contributed by atoms with Gasteiger partial charge in [0.25, 0.3) is 0 Å². The number of alkyl halides is 3. The van der Waals surface area contributed by atoms with E-state index in [2.05, 4.69) is 0 Å². The molecule has 0 bridgehead atoms. The number of benzene rings is 3. The Morgan fingerprint density at radius 2 is 1.69 bits per heavy atom. The molecule has 9 heteroatoms. The van der Waals surface area contributed by atoms with Crippen molar-refractivity contribution in [2.75, 3.05) is 0 Å². The van der Waals surface area contributed by atoms with Crippen LogP contribution in [0.2, 0.25) is 0 Å². The molecule has 1 aromatic heterocycles. The molecule has 36 heavy (non-hydrogen) atoms.